The number of nitrogens with one attached hydrogen (secondary N) is 2. The monoisotopic (exact) mass is 634 g/mol. The van der Waals surface area contributed by atoms with Crippen molar-refractivity contribution < 1.29 is 18.7 Å². The van der Waals surface area contributed by atoms with Crippen LogP contribution in [0.3, 0.4) is 0 Å². The molecule has 10 heteroatoms. The van der Waals surface area contributed by atoms with Crippen LogP contribution in [0.25, 0.3) is 33.3 Å². The Morgan fingerprint density at radius 1 is 0.932 bits per heavy atom. The summed E-state index contributed by atoms with van der Waals surface area (Å²) in [5.74, 6) is -0.777. The number of hydrogen-bond acceptors (Lipinski definition) is 4. The lowest BCUT2D eigenvalue weighted by atomic mass is 9.98. The first-order chi connectivity index (χ1) is 21.3. The standard InChI is InChI=1S/C34H33Cl2FN4O3/c1-44-30(42)7-5-3-2-4-6-18-38-34(43)32-31(27-17-14-25(36)19-29(27)40-32)33-28(23-10-15-26(37)16-11-23)20-39-41(33)21-22-8-12-24(35)13-9-22/h8-17,19-20,40H,2-7,18,21H2,1H3,(H,38,43). The SMILES string of the molecule is COC(=O)CCCCCCCNC(=O)c1[nH]c2cc(Cl)ccc2c1-c1c(-c2ccc(F)cc2)cnn1Cc1ccc(Cl)cc1. The van der Waals surface area contributed by atoms with Crippen molar-refractivity contribution >= 4 is 46.0 Å². The normalized spacial score (nSPS) is 11.2. The first kappa shape index (κ1) is 31.3. The zero-order valence-corrected chi connectivity index (χ0v) is 25.8. The zero-order valence-electron chi connectivity index (χ0n) is 24.3. The largest absolute Gasteiger partial charge is 0.469 e. The third-order valence-electron chi connectivity index (χ3n) is 7.54. The van der Waals surface area contributed by atoms with E-state index in [1.54, 1.807) is 30.5 Å². The summed E-state index contributed by atoms with van der Waals surface area (Å²) < 4.78 is 20.4. The number of benzene rings is 3. The summed E-state index contributed by atoms with van der Waals surface area (Å²) in [6, 6.07) is 19.2. The number of methoxy groups -OCH3 is 1. The average Bonchev–Trinajstić information content (AvgIpc) is 3.60. The lowest BCUT2D eigenvalue weighted by molar-refractivity contribution is -0.140. The summed E-state index contributed by atoms with van der Waals surface area (Å²) in [4.78, 5) is 28.3. The molecular formula is C34H33Cl2FN4O3. The van der Waals surface area contributed by atoms with Crippen LogP contribution in [-0.2, 0) is 16.1 Å². The minimum atomic E-state index is -0.339. The maximum Gasteiger partial charge on any atom is 0.305 e. The van der Waals surface area contributed by atoms with E-state index >= 15 is 0 Å². The van der Waals surface area contributed by atoms with Gasteiger partial charge in [0.1, 0.15) is 11.5 Å². The lowest BCUT2D eigenvalue weighted by Crippen LogP contribution is -2.25. The van der Waals surface area contributed by atoms with Gasteiger partial charge in [0, 0.05) is 45.0 Å². The number of esters is 1. The van der Waals surface area contributed by atoms with Gasteiger partial charge in [-0.15, -0.1) is 0 Å². The van der Waals surface area contributed by atoms with E-state index in [2.05, 4.69) is 15.0 Å². The minimum absolute atomic E-state index is 0.190. The number of hydrogen-bond donors (Lipinski definition) is 2. The van der Waals surface area contributed by atoms with Gasteiger partial charge in [0.05, 0.1) is 25.5 Å². The molecule has 2 N–H and O–H groups in total. The number of nitrogens with zero attached hydrogens (tertiary/aromatic N) is 2. The molecule has 5 rings (SSSR count). The number of amides is 1. The predicted octanol–water partition coefficient (Wildman–Crippen LogP) is 8.44. The van der Waals surface area contributed by atoms with Gasteiger partial charge in [-0.05, 0) is 60.4 Å². The molecular weight excluding hydrogens is 602 g/mol. The van der Waals surface area contributed by atoms with Crippen LogP contribution in [0, 0.1) is 5.82 Å². The quantitative estimate of drug-likeness (QED) is 0.100. The molecule has 0 unspecified atom stereocenters. The van der Waals surface area contributed by atoms with Crippen molar-refractivity contribution in [1.29, 1.82) is 0 Å². The van der Waals surface area contributed by atoms with Crippen molar-refractivity contribution in [1.82, 2.24) is 20.1 Å². The number of aromatic nitrogens is 3. The Morgan fingerprint density at radius 3 is 2.39 bits per heavy atom. The smallest absolute Gasteiger partial charge is 0.305 e. The lowest BCUT2D eigenvalue weighted by Gasteiger charge is -2.13. The molecule has 0 aliphatic rings. The Hall–Kier alpha value is -4.14. The van der Waals surface area contributed by atoms with Crippen LogP contribution >= 0.6 is 23.2 Å². The number of carbonyl (C=O) groups excluding carboxylic acids is 2. The molecule has 3 aromatic carbocycles. The van der Waals surface area contributed by atoms with Gasteiger partial charge >= 0.3 is 5.97 Å². The number of fused-ring (bicyclic) bond motifs is 1. The fourth-order valence-electron chi connectivity index (χ4n) is 5.28. The molecule has 0 spiro atoms. The van der Waals surface area contributed by atoms with E-state index in [1.807, 2.05) is 35.0 Å². The number of carbonyl (C=O) groups is 2. The first-order valence-electron chi connectivity index (χ1n) is 14.6. The molecule has 0 saturated carbocycles. The van der Waals surface area contributed by atoms with Crippen LogP contribution in [0.5, 0.6) is 0 Å². The molecule has 2 aromatic heterocycles. The fraction of sp³-hybridized carbons (Fsp3) is 0.265. The zero-order chi connectivity index (χ0) is 31.1. The highest BCUT2D eigenvalue weighted by Gasteiger charge is 2.26. The second kappa shape index (κ2) is 14.6. The molecule has 5 aromatic rings. The van der Waals surface area contributed by atoms with Crippen LogP contribution in [0.1, 0.15) is 54.6 Å². The topological polar surface area (TPSA) is 89.0 Å². The third-order valence-corrected chi connectivity index (χ3v) is 8.02. The van der Waals surface area contributed by atoms with Crippen LogP contribution in [0.15, 0.2) is 72.9 Å². The van der Waals surface area contributed by atoms with E-state index in [0.29, 0.717) is 46.3 Å². The third kappa shape index (κ3) is 7.49. The highest BCUT2D eigenvalue weighted by atomic mass is 35.5. The van der Waals surface area contributed by atoms with Crippen LogP contribution in [0.4, 0.5) is 4.39 Å². The summed E-state index contributed by atoms with van der Waals surface area (Å²) in [6.45, 7) is 0.922. The summed E-state index contributed by atoms with van der Waals surface area (Å²) in [6.07, 6.45) is 6.59. The van der Waals surface area contributed by atoms with Gasteiger partial charge in [0.15, 0.2) is 0 Å². The number of halogens is 3. The molecule has 0 radical (unpaired) electrons. The Balaban J connectivity index is 1.46. The number of ether oxygens (including phenoxy) is 1. The van der Waals surface area contributed by atoms with Crippen LogP contribution in [0.2, 0.25) is 10.0 Å². The molecule has 0 bridgehead atoms. The van der Waals surface area contributed by atoms with Gasteiger partial charge in [-0.2, -0.15) is 5.10 Å². The van der Waals surface area contributed by atoms with Crippen molar-refractivity contribution in [2.45, 2.75) is 45.1 Å². The van der Waals surface area contributed by atoms with Gasteiger partial charge in [-0.1, -0.05) is 72.8 Å². The Bertz CT molecular complexity index is 1750. The maximum atomic E-state index is 13.9. The highest BCUT2D eigenvalue weighted by Crippen LogP contribution is 2.40. The molecule has 0 aliphatic carbocycles. The molecule has 0 atom stereocenters. The summed E-state index contributed by atoms with van der Waals surface area (Å²) >= 11 is 12.5. The minimum Gasteiger partial charge on any atom is -0.469 e. The van der Waals surface area contributed by atoms with E-state index in [0.717, 1.165) is 59.9 Å². The van der Waals surface area contributed by atoms with Crippen molar-refractivity contribution in [3.05, 3.63) is 100 Å². The number of H-pyrrole nitrogens is 1. The average molecular weight is 636 g/mol. The van der Waals surface area contributed by atoms with E-state index < -0.39 is 0 Å². The van der Waals surface area contributed by atoms with Gasteiger partial charge < -0.3 is 15.0 Å². The number of rotatable bonds is 13. The second-order valence-electron chi connectivity index (χ2n) is 10.6. The van der Waals surface area contributed by atoms with Crippen molar-refractivity contribution in [3.8, 4) is 22.4 Å². The second-order valence-corrected chi connectivity index (χ2v) is 11.5. The van der Waals surface area contributed by atoms with Gasteiger partial charge in [0.25, 0.3) is 5.91 Å². The Morgan fingerprint density at radius 2 is 1.64 bits per heavy atom. The van der Waals surface area contributed by atoms with E-state index in [4.69, 9.17) is 28.3 Å². The molecule has 0 aliphatic heterocycles. The Kier molecular flexibility index (Phi) is 10.4. The summed E-state index contributed by atoms with van der Waals surface area (Å²) in [5, 5.41) is 9.78. The summed E-state index contributed by atoms with van der Waals surface area (Å²) in [7, 11) is 1.40. The molecule has 2 heterocycles. The molecule has 1 amide bonds. The molecule has 0 fully saturated rings. The van der Waals surface area contributed by atoms with Crippen LogP contribution in [-0.4, -0.2) is 40.3 Å². The van der Waals surface area contributed by atoms with Crippen molar-refractivity contribution in [3.63, 3.8) is 0 Å². The van der Waals surface area contributed by atoms with Gasteiger partial charge in [-0.3, -0.25) is 14.3 Å². The van der Waals surface area contributed by atoms with Gasteiger partial charge in [-0.25, -0.2) is 4.39 Å². The molecule has 228 valence electrons. The maximum absolute atomic E-state index is 13.9. The molecule has 44 heavy (non-hydrogen) atoms. The van der Waals surface area contributed by atoms with Crippen LogP contribution < -0.4 is 5.32 Å². The predicted molar refractivity (Wildman–Crippen MR) is 173 cm³/mol. The molecule has 0 saturated heterocycles. The van der Waals surface area contributed by atoms with E-state index in [-0.39, 0.29) is 17.7 Å². The fourth-order valence-corrected chi connectivity index (χ4v) is 5.57. The number of aromatic amines is 1. The van der Waals surface area contributed by atoms with E-state index in [9.17, 15) is 14.0 Å². The van der Waals surface area contributed by atoms with Crippen molar-refractivity contribution in [2.24, 2.45) is 0 Å². The molecule has 7 nitrogen and oxygen atoms in total. The van der Waals surface area contributed by atoms with E-state index in [1.165, 1.54) is 19.2 Å². The van der Waals surface area contributed by atoms with Gasteiger partial charge in [0.2, 0.25) is 0 Å². The van der Waals surface area contributed by atoms with Crippen molar-refractivity contribution in [2.75, 3.05) is 13.7 Å². The number of unbranched alkanes of at least 4 members (excludes halogenated alkanes) is 4. The highest BCUT2D eigenvalue weighted by molar-refractivity contribution is 6.31. The first-order valence-corrected chi connectivity index (χ1v) is 15.3. The summed E-state index contributed by atoms with van der Waals surface area (Å²) in [5.41, 5.74) is 5.01. The Labute approximate surface area is 265 Å².